The third-order valence-corrected chi connectivity index (χ3v) is 3.39. The summed E-state index contributed by atoms with van der Waals surface area (Å²) in [5, 5.41) is 7.52. The molecule has 1 aromatic heterocycles. The fraction of sp³-hybridized carbons (Fsp3) is 0.375. The van der Waals surface area contributed by atoms with E-state index in [9.17, 15) is 4.79 Å². The molecule has 0 bridgehead atoms. The van der Waals surface area contributed by atoms with E-state index in [0.717, 1.165) is 12.1 Å². The van der Waals surface area contributed by atoms with Gasteiger partial charge in [-0.1, -0.05) is 19.1 Å². The highest BCUT2D eigenvalue weighted by Gasteiger charge is 2.11. The second-order valence-corrected chi connectivity index (χ2v) is 4.74. The van der Waals surface area contributed by atoms with Gasteiger partial charge in [0.1, 0.15) is 0 Å². The minimum Gasteiger partial charge on any atom is -0.462 e. The molecule has 21 heavy (non-hydrogen) atoms. The van der Waals surface area contributed by atoms with Crippen molar-refractivity contribution in [1.82, 2.24) is 15.1 Å². The number of ether oxygens (including phenoxy) is 1. The van der Waals surface area contributed by atoms with Gasteiger partial charge in [0.15, 0.2) is 0 Å². The second-order valence-electron chi connectivity index (χ2n) is 4.74. The summed E-state index contributed by atoms with van der Waals surface area (Å²) in [6.07, 6.45) is 4.23. The number of rotatable bonds is 6. The van der Waals surface area contributed by atoms with Crippen LogP contribution in [0.15, 0.2) is 36.7 Å². The van der Waals surface area contributed by atoms with E-state index in [0.29, 0.717) is 18.2 Å². The number of carbonyl (C=O) groups is 1. The van der Waals surface area contributed by atoms with E-state index >= 15 is 0 Å². The van der Waals surface area contributed by atoms with Crippen molar-refractivity contribution in [2.75, 3.05) is 13.7 Å². The molecule has 0 saturated carbocycles. The number of benzene rings is 1. The normalized spacial score (nSPS) is 12.1. The summed E-state index contributed by atoms with van der Waals surface area (Å²) >= 11 is 0. The lowest BCUT2D eigenvalue weighted by Gasteiger charge is -2.15. The fourth-order valence-electron chi connectivity index (χ4n) is 2.27. The van der Waals surface area contributed by atoms with Crippen LogP contribution in [0.4, 0.5) is 0 Å². The molecule has 1 atom stereocenters. The average Bonchev–Trinajstić information content (AvgIpc) is 2.99. The quantitative estimate of drug-likeness (QED) is 0.830. The Hall–Kier alpha value is -2.14. The molecule has 2 rings (SSSR count). The molecule has 1 N–H and O–H groups in total. The lowest BCUT2D eigenvalue weighted by Crippen LogP contribution is -2.15. The van der Waals surface area contributed by atoms with Crippen molar-refractivity contribution in [3.63, 3.8) is 0 Å². The molecule has 0 saturated heterocycles. The van der Waals surface area contributed by atoms with E-state index in [2.05, 4.69) is 29.5 Å². The van der Waals surface area contributed by atoms with E-state index < -0.39 is 0 Å². The first-order valence-electron chi connectivity index (χ1n) is 7.19. The number of carbonyl (C=O) groups excluding carboxylic acids is 1. The van der Waals surface area contributed by atoms with E-state index in [4.69, 9.17) is 4.74 Å². The zero-order chi connectivity index (χ0) is 15.2. The highest BCUT2D eigenvalue weighted by Crippen LogP contribution is 2.19. The number of nitrogens with one attached hydrogen (secondary N) is 1. The van der Waals surface area contributed by atoms with E-state index in [1.54, 1.807) is 17.8 Å². The summed E-state index contributed by atoms with van der Waals surface area (Å²) in [5.41, 5.74) is 2.59. The molecular weight excluding hydrogens is 266 g/mol. The molecule has 0 amide bonds. The van der Waals surface area contributed by atoms with Crippen LogP contribution < -0.4 is 5.32 Å². The summed E-state index contributed by atoms with van der Waals surface area (Å²) in [4.78, 5) is 11.7. The Morgan fingerprint density at radius 2 is 2.24 bits per heavy atom. The first-order chi connectivity index (χ1) is 10.2. The SMILES string of the molecule is CCOC(=O)c1cnn(-c2cccc(C(CC)NC)c2)c1. The molecular formula is C16H21N3O2. The Labute approximate surface area is 124 Å². The van der Waals surface area contributed by atoms with E-state index in [1.165, 1.54) is 11.8 Å². The van der Waals surface area contributed by atoms with Gasteiger partial charge in [-0.15, -0.1) is 0 Å². The molecule has 0 fully saturated rings. The van der Waals surface area contributed by atoms with Crippen molar-refractivity contribution in [1.29, 1.82) is 0 Å². The largest absolute Gasteiger partial charge is 0.462 e. The Kier molecular flexibility index (Phi) is 5.11. The molecule has 0 radical (unpaired) electrons. The first kappa shape index (κ1) is 15.3. The minimum atomic E-state index is -0.346. The summed E-state index contributed by atoms with van der Waals surface area (Å²) in [6, 6.07) is 8.44. The van der Waals surface area contributed by atoms with Gasteiger partial charge in [0.05, 0.1) is 24.1 Å². The van der Waals surface area contributed by atoms with Gasteiger partial charge in [0, 0.05) is 12.2 Å². The number of hydrogen-bond acceptors (Lipinski definition) is 4. The van der Waals surface area contributed by atoms with Crippen LogP contribution in [0.25, 0.3) is 5.69 Å². The van der Waals surface area contributed by atoms with Crippen LogP contribution in [-0.2, 0) is 4.74 Å². The van der Waals surface area contributed by atoms with Gasteiger partial charge in [-0.2, -0.15) is 5.10 Å². The highest BCUT2D eigenvalue weighted by molar-refractivity contribution is 5.88. The Balaban J connectivity index is 2.26. The van der Waals surface area contributed by atoms with Crippen molar-refractivity contribution in [2.45, 2.75) is 26.3 Å². The van der Waals surface area contributed by atoms with Crippen molar-refractivity contribution >= 4 is 5.97 Å². The number of hydrogen-bond donors (Lipinski definition) is 1. The van der Waals surface area contributed by atoms with Crippen LogP contribution in [0.1, 0.15) is 42.2 Å². The van der Waals surface area contributed by atoms with Gasteiger partial charge in [-0.05, 0) is 38.1 Å². The minimum absolute atomic E-state index is 0.310. The van der Waals surface area contributed by atoms with Gasteiger partial charge >= 0.3 is 5.97 Å². The average molecular weight is 287 g/mol. The van der Waals surface area contributed by atoms with Gasteiger partial charge in [0.25, 0.3) is 0 Å². The number of esters is 1. The van der Waals surface area contributed by atoms with Crippen LogP contribution >= 0.6 is 0 Å². The Morgan fingerprint density at radius 1 is 1.43 bits per heavy atom. The monoisotopic (exact) mass is 287 g/mol. The third kappa shape index (κ3) is 3.49. The highest BCUT2D eigenvalue weighted by atomic mass is 16.5. The molecule has 0 aliphatic carbocycles. The molecule has 0 aliphatic rings. The summed E-state index contributed by atoms with van der Waals surface area (Å²) in [6.45, 7) is 4.29. The maximum Gasteiger partial charge on any atom is 0.341 e. The zero-order valence-electron chi connectivity index (χ0n) is 12.7. The third-order valence-electron chi connectivity index (χ3n) is 3.39. The molecule has 0 spiro atoms. The maximum absolute atomic E-state index is 11.7. The van der Waals surface area contributed by atoms with Crippen LogP contribution in [0, 0.1) is 0 Å². The molecule has 1 heterocycles. The molecule has 0 aliphatic heterocycles. The lowest BCUT2D eigenvalue weighted by molar-refractivity contribution is 0.0526. The van der Waals surface area contributed by atoms with E-state index in [-0.39, 0.29) is 5.97 Å². The van der Waals surface area contributed by atoms with Crippen molar-refractivity contribution in [3.8, 4) is 5.69 Å². The number of aromatic nitrogens is 2. The fourth-order valence-corrected chi connectivity index (χ4v) is 2.27. The second kappa shape index (κ2) is 7.04. The van der Waals surface area contributed by atoms with Crippen LogP contribution in [0.3, 0.4) is 0 Å². The van der Waals surface area contributed by atoms with Crippen molar-refractivity contribution in [3.05, 3.63) is 47.8 Å². The topological polar surface area (TPSA) is 56.1 Å². The maximum atomic E-state index is 11.7. The summed E-state index contributed by atoms with van der Waals surface area (Å²) in [7, 11) is 1.95. The molecule has 112 valence electrons. The molecule has 1 unspecified atom stereocenters. The summed E-state index contributed by atoms with van der Waals surface area (Å²) in [5.74, 6) is -0.346. The van der Waals surface area contributed by atoms with Crippen molar-refractivity contribution < 1.29 is 9.53 Å². The van der Waals surface area contributed by atoms with E-state index in [1.807, 2.05) is 19.2 Å². The van der Waals surface area contributed by atoms with Gasteiger partial charge in [0.2, 0.25) is 0 Å². The van der Waals surface area contributed by atoms with Gasteiger partial charge in [-0.25, -0.2) is 9.48 Å². The van der Waals surface area contributed by atoms with Gasteiger partial charge in [-0.3, -0.25) is 0 Å². The predicted octanol–water partition coefficient (Wildman–Crippen LogP) is 2.72. The number of nitrogens with zero attached hydrogens (tertiary/aromatic N) is 2. The lowest BCUT2D eigenvalue weighted by atomic mass is 10.0. The van der Waals surface area contributed by atoms with Gasteiger partial charge < -0.3 is 10.1 Å². The van der Waals surface area contributed by atoms with Crippen LogP contribution in [-0.4, -0.2) is 29.4 Å². The molecule has 1 aromatic carbocycles. The Bertz CT molecular complexity index is 603. The molecule has 2 aromatic rings. The zero-order valence-corrected chi connectivity index (χ0v) is 12.7. The Morgan fingerprint density at radius 3 is 2.90 bits per heavy atom. The van der Waals surface area contributed by atoms with Crippen LogP contribution in [0.2, 0.25) is 0 Å². The smallest absolute Gasteiger partial charge is 0.341 e. The predicted molar refractivity (Wildman–Crippen MR) is 81.6 cm³/mol. The van der Waals surface area contributed by atoms with Crippen LogP contribution in [0.5, 0.6) is 0 Å². The molecule has 5 heteroatoms. The van der Waals surface area contributed by atoms with Crippen molar-refractivity contribution in [2.24, 2.45) is 0 Å². The standard InChI is InChI=1S/C16H21N3O2/c1-4-15(17-3)12-7-6-8-14(9-12)19-11-13(10-18-19)16(20)21-5-2/h6-11,15,17H,4-5H2,1-3H3. The first-order valence-corrected chi connectivity index (χ1v) is 7.19. The molecule has 5 nitrogen and oxygen atoms in total. The summed E-state index contributed by atoms with van der Waals surface area (Å²) < 4.78 is 6.66.